The van der Waals surface area contributed by atoms with Crippen molar-refractivity contribution in [1.29, 1.82) is 0 Å². The van der Waals surface area contributed by atoms with E-state index in [4.69, 9.17) is 0 Å². The largest absolute Gasteiger partial charge is 0.624 e. The molecule has 2 aliphatic heterocycles. The molecule has 0 aromatic heterocycles. The molecule has 2 aliphatic rings. The lowest BCUT2D eigenvalue weighted by Crippen LogP contribution is -2.60. The van der Waals surface area contributed by atoms with Crippen LogP contribution in [0.5, 0.6) is 0 Å². The van der Waals surface area contributed by atoms with Gasteiger partial charge in [-0.25, -0.2) is 4.79 Å². The molecule has 1 fully saturated rings. The lowest BCUT2D eigenvalue weighted by molar-refractivity contribution is -0.825. The summed E-state index contributed by atoms with van der Waals surface area (Å²) in [5, 5.41) is 20.1. The number of quaternary nitrogens is 1. The molecule has 0 bridgehead atoms. The van der Waals surface area contributed by atoms with Crippen molar-refractivity contribution in [2.75, 3.05) is 26.0 Å². The Bertz CT molecular complexity index is 1050. The van der Waals surface area contributed by atoms with E-state index in [1.165, 1.54) is 12.6 Å². The van der Waals surface area contributed by atoms with Crippen molar-refractivity contribution in [1.82, 2.24) is 10.2 Å². The van der Waals surface area contributed by atoms with Crippen LogP contribution in [0, 0.1) is 5.21 Å². The van der Waals surface area contributed by atoms with Gasteiger partial charge < -0.3 is 15.8 Å². The van der Waals surface area contributed by atoms with Crippen molar-refractivity contribution in [3.8, 4) is 0 Å². The van der Waals surface area contributed by atoms with E-state index < -0.39 is 22.5 Å². The maximum Gasteiger partial charge on any atom is 0.347 e. The second-order valence-corrected chi connectivity index (χ2v) is 8.46. The molecule has 168 valence electrons. The number of carbonyl (C=O) groups is 3. The summed E-state index contributed by atoms with van der Waals surface area (Å²) in [7, 11) is 3.30. The number of fused-ring (bicyclic) bond motifs is 1. The Morgan fingerprint density at radius 2 is 1.81 bits per heavy atom. The van der Waals surface area contributed by atoms with Gasteiger partial charge in [-0.1, -0.05) is 30.3 Å². The molecule has 0 saturated carbocycles. The number of hydrogen-bond donors (Lipinski definition) is 2. The average molecular weight is 437 g/mol. The molecule has 1 saturated heterocycles. The Morgan fingerprint density at radius 3 is 2.53 bits per heavy atom. The van der Waals surface area contributed by atoms with Crippen LogP contribution in [-0.2, 0) is 29.1 Å². The average Bonchev–Trinajstić information content (AvgIpc) is 3.06. The van der Waals surface area contributed by atoms with E-state index in [1.807, 2.05) is 13.1 Å². The third-order valence-corrected chi connectivity index (χ3v) is 6.44. The maximum absolute atomic E-state index is 13.7. The van der Waals surface area contributed by atoms with Crippen LogP contribution in [0.1, 0.15) is 39.9 Å². The molecule has 4 rings (SSSR count). The predicted octanol–water partition coefficient (Wildman–Crippen LogP) is 2.18. The summed E-state index contributed by atoms with van der Waals surface area (Å²) in [5.41, 5.74) is 4.04. The predicted molar refractivity (Wildman–Crippen MR) is 120 cm³/mol. The highest BCUT2D eigenvalue weighted by Crippen LogP contribution is 2.38. The topological polar surface area (TPSA) is 102 Å². The minimum absolute atomic E-state index is 0.0912. The zero-order valence-electron chi connectivity index (χ0n) is 18.4. The number of hydroxylamine groups is 3. The van der Waals surface area contributed by atoms with Crippen LogP contribution in [0.3, 0.4) is 0 Å². The SMILES string of the molecule is CNCCc1ccc(CNc2cccc3c2C[N+]([O-])(C2CCC(=O)N(C)C2=O)C3=O)cc1. The van der Waals surface area contributed by atoms with Crippen LogP contribution < -0.4 is 10.6 Å². The van der Waals surface area contributed by atoms with Gasteiger partial charge in [0.05, 0.1) is 5.56 Å². The number of benzene rings is 2. The van der Waals surface area contributed by atoms with Gasteiger partial charge in [0.2, 0.25) is 5.91 Å². The molecule has 8 heteroatoms. The van der Waals surface area contributed by atoms with Crippen LogP contribution in [0.15, 0.2) is 42.5 Å². The monoisotopic (exact) mass is 436 g/mol. The van der Waals surface area contributed by atoms with E-state index in [-0.39, 0.29) is 25.3 Å². The molecule has 8 nitrogen and oxygen atoms in total. The Balaban J connectivity index is 1.51. The van der Waals surface area contributed by atoms with E-state index in [2.05, 4.69) is 34.9 Å². The standard InChI is InChI=1S/C24H28N4O4/c1-25-13-12-16-6-8-17(9-7-16)14-26-20-5-3-4-18-19(20)15-28(32,24(18)31)21-10-11-22(29)27(2)23(21)30/h3-9,21,25-26H,10-15H2,1-2H3. The zero-order chi connectivity index (χ0) is 22.9. The minimum Gasteiger partial charge on any atom is -0.624 e. The van der Waals surface area contributed by atoms with Crippen LogP contribution in [0.4, 0.5) is 5.69 Å². The molecular weight excluding hydrogens is 408 g/mol. The van der Waals surface area contributed by atoms with Crippen LogP contribution in [-0.4, -0.2) is 53.9 Å². The van der Waals surface area contributed by atoms with Gasteiger partial charge in [-0.2, -0.15) is 0 Å². The summed E-state index contributed by atoms with van der Waals surface area (Å²) < 4.78 is -1.26. The number of amides is 3. The van der Waals surface area contributed by atoms with Crippen molar-refractivity contribution >= 4 is 23.4 Å². The molecular formula is C24H28N4O4. The number of anilines is 1. The van der Waals surface area contributed by atoms with Gasteiger partial charge in [0.15, 0.2) is 6.04 Å². The summed E-state index contributed by atoms with van der Waals surface area (Å²) in [6.07, 6.45) is 1.14. The number of likely N-dealkylation sites (N-methyl/N-ethyl adjacent to an activating group) is 2. The van der Waals surface area contributed by atoms with Crippen molar-refractivity contribution in [3.63, 3.8) is 0 Å². The van der Waals surface area contributed by atoms with E-state index in [9.17, 15) is 19.6 Å². The third-order valence-electron chi connectivity index (χ3n) is 6.44. The normalized spacial score (nSPS) is 22.9. The van der Waals surface area contributed by atoms with E-state index in [1.54, 1.807) is 12.1 Å². The van der Waals surface area contributed by atoms with Gasteiger partial charge in [-0.05, 0) is 43.3 Å². The molecule has 2 N–H and O–H groups in total. The van der Waals surface area contributed by atoms with E-state index in [0.29, 0.717) is 17.7 Å². The van der Waals surface area contributed by atoms with Gasteiger partial charge in [-0.15, -0.1) is 0 Å². The highest BCUT2D eigenvalue weighted by Gasteiger charge is 2.51. The quantitative estimate of drug-likeness (QED) is 0.392. The van der Waals surface area contributed by atoms with Crippen LogP contribution in [0.2, 0.25) is 0 Å². The first-order valence-electron chi connectivity index (χ1n) is 10.9. The number of nitrogens with one attached hydrogen (secondary N) is 2. The number of imide groups is 1. The first-order valence-corrected chi connectivity index (χ1v) is 10.9. The summed E-state index contributed by atoms with van der Waals surface area (Å²) in [4.78, 5) is 38.5. The Kier molecular flexibility index (Phi) is 6.10. The number of rotatable bonds is 7. The Morgan fingerprint density at radius 1 is 1.09 bits per heavy atom. The first kappa shape index (κ1) is 22.1. The van der Waals surface area contributed by atoms with E-state index in [0.717, 1.165) is 29.1 Å². The van der Waals surface area contributed by atoms with Crippen molar-refractivity contribution in [2.45, 2.75) is 38.4 Å². The van der Waals surface area contributed by atoms with Gasteiger partial charge in [0, 0.05) is 37.7 Å². The highest BCUT2D eigenvalue weighted by atomic mass is 16.6. The summed E-state index contributed by atoms with van der Waals surface area (Å²) in [5.74, 6) is -1.51. The van der Waals surface area contributed by atoms with Gasteiger partial charge in [0.25, 0.3) is 5.91 Å². The number of nitrogens with zero attached hydrogens (tertiary/aromatic N) is 2. The third kappa shape index (κ3) is 3.92. The van der Waals surface area contributed by atoms with E-state index >= 15 is 0 Å². The van der Waals surface area contributed by atoms with Gasteiger partial charge in [-0.3, -0.25) is 19.1 Å². The van der Waals surface area contributed by atoms with Crippen LogP contribution >= 0.6 is 0 Å². The second-order valence-electron chi connectivity index (χ2n) is 8.46. The molecule has 0 radical (unpaired) electrons. The summed E-state index contributed by atoms with van der Waals surface area (Å²) >= 11 is 0. The van der Waals surface area contributed by atoms with Gasteiger partial charge >= 0.3 is 5.91 Å². The van der Waals surface area contributed by atoms with Crippen LogP contribution in [0.25, 0.3) is 0 Å². The number of hydrogen-bond acceptors (Lipinski definition) is 6. The lowest BCUT2D eigenvalue weighted by atomic mass is 10.0. The fourth-order valence-electron chi connectivity index (χ4n) is 4.46. The Labute approximate surface area is 187 Å². The Hall–Kier alpha value is -3.07. The summed E-state index contributed by atoms with van der Waals surface area (Å²) in [6.45, 7) is 1.36. The molecule has 3 amide bonds. The molecule has 0 aliphatic carbocycles. The summed E-state index contributed by atoms with van der Waals surface area (Å²) in [6, 6.07) is 12.5. The molecule has 2 unspecified atom stereocenters. The molecule has 2 aromatic carbocycles. The zero-order valence-corrected chi connectivity index (χ0v) is 18.4. The molecule has 2 atom stereocenters. The molecule has 2 heterocycles. The fraction of sp³-hybridized carbons (Fsp3) is 0.375. The number of carbonyl (C=O) groups excluding carboxylic acids is 3. The first-order chi connectivity index (χ1) is 15.3. The van der Waals surface area contributed by atoms with Crippen molar-refractivity contribution in [2.24, 2.45) is 0 Å². The lowest BCUT2D eigenvalue weighted by Gasteiger charge is -2.44. The minimum atomic E-state index is -1.26. The molecule has 2 aromatic rings. The second kappa shape index (κ2) is 8.82. The molecule has 32 heavy (non-hydrogen) atoms. The van der Waals surface area contributed by atoms with Crippen molar-refractivity contribution in [3.05, 3.63) is 69.9 Å². The maximum atomic E-state index is 13.7. The van der Waals surface area contributed by atoms with Crippen molar-refractivity contribution < 1.29 is 19.0 Å². The number of piperidine rings is 1. The smallest absolute Gasteiger partial charge is 0.347 e. The fourth-order valence-corrected chi connectivity index (χ4v) is 4.46. The molecule has 0 spiro atoms. The highest BCUT2D eigenvalue weighted by molar-refractivity contribution is 6.02. The number of likely N-dealkylation sites (tertiary alicyclic amines) is 1. The van der Waals surface area contributed by atoms with Gasteiger partial charge in [0.1, 0.15) is 6.54 Å².